The highest BCUT2D eigenvalue weighted by Crippen LogP contribution is 2.07. The molecule has 0 aliphatic heterocycles. The lowest BCUT2D eigenvalue weighted by Gasteiger charge is -2.19. The number of pyridine rings is 1. The number of aromatic nitrogens is 1. The number of rotatable bonds is 1. The lowest BCUT2D eigenvalue weighted by molar-refractivity contribution is 0.0482. The predicted molar refractivity (Wildman–Crippen MR) is 65.7 cm³/mol. The Labute approximate surface area is 114 Å². The Morgan fingerprint density at radius 1 is 1.35 bits per heavy atom. The molecular formula is C12H13FN4O3. The van der Waals surface area contributed by atoms with Crippen LogP contribution in [-0.2, 0) is 4.74 Å². The zero-order chi connectivity index (χ0) is 15.3. The number of ether oxygens (including phenoxy) is 1. The molecule has 0 radical (unpaired) electrons. The summed E-state index contributed by atoms with van der Waals surface area (Å²) in [4.78, 5) is 26.4. The Morgan fingerprint density at radius 3 is 2.55 bits per heavy atom. The number of amides is 2. The molecule has 8 heteroatoms. The molecular weight excluding hydrogens is 267 g/mol. The predicted octanol–water partition coefficient (Wildman–Crippen LogP) is 1.26. The summed E-state index contributed by atoms with van der Waals surface area (Å²) in [6.07, 6.45) is -0.900. The molecule has 0 bridgehead atoms. The van der Waals surface area contributed by atoms with E-state index in [9.17, 15) is 14.0 Å². The van der Waals surface area contributed by atoms with E-state index in [0.29, 0.717) is 0 Å². The summed E-state index contributed by atoms with van der Waals surface area (Å²) in [5, 5.41) is 8.62. The highest BCUT2D eigenvalue weighted by Gasteiger charge is 2.18. The fourth-order valence-electron chi connectivity index (χ4n) is 1.13. The smallest absolute Gasteiger partial charge is 0.426 e. The molecule has 0 aliphatic carbocycles. The molecule has 0 spiro atoms. The van der Waals surface area contributed by atoms with E-state index in [-0.39, 0.29) is 5.69 Å². The van der Waals surface area contributed by atoms with Gasteiger partial charge in [-0.1, -0.05) is 0 Å². The van der Waals surface area contributed by atoms with E-state index in [2.05, 4.69) is 4.98 Å². The molecule has 0 saturated carbocycles. The number of nitrogens with one attached hydrogen (secondary N) is 2. The minimum absolute atomic E-state index is 0.117. The molecule has 1 aromatic heterocycles. The Balaban J connectivity index is 2.69. The van der Waals surface area contributed by atoms with Crippen molar-refractivity contribution in [3.8, 4) is 6.07 Å². The van der Waals surface area contributed by atoms with E-state index in [1.54, 1.807) is 26.8 Å². The summed E-state index contributed by atoms with van der Waals surface area (Å²) in [7, 11) is 0. The standard InChI is InChI=1S/C12H13FN4O3/c1-12(2,3)20-11(19)17-16-10(18)9-8(13)5-4-7(6-14)15-9/h4-5H,1-3H3,(H,16,18)(H,17,19). The van der Waals surface area contributed by atoms with Crippen molar-refractivity contribution in [1.82, 2.24) is 15.8 Å². The van der Waals surface area contributed by atoms with Crippen LogP contribution in [0.15, 0.2) is 12.1 Å². The average molecular weight is 280 g/mol. The first kappa shape index (κ1) is 15.4. The van der Waals surface area contributed by atoms with Gasteiger partial charge in [0.25, 0.3) is 5.91 Å². The molecule has 1 aromatic rings. The molecule has 7 nitrogen and oxygen atoms in total. The van der Waals surface area contributed by atoms with Crippen molar-refractivity contribution in [3.63, 3.8) is 0 Å². The van der Waals surface area contributed by atoms with E-state index < -0.39 is 29.1 Å². The second-order valence-corrected chi connectivity index (χ2v) is 4.72. The SMILES string of the molecule is CC(C)(C)OC(=O)NNC(=O)c1nc(C#N)ccc1F. The van der Waals surface area contributed by atoms with Crippen molar-refractivity contribution < 1.29 is 18.7 Å². The quantitative estimate of drug-likeness (QED) is 0.754. The molecule has 0 aliphatic rings. The van der Waals surface area contributed by atoms with Crippen LogP contribution in [0.1, 0.15) is 37.0 Å². The highest BCUT2D eigenvalue weighted by atomic mass is 19.1. The largest absolute Gasteiger partial charge is 0.443 e. The number of nitriles is 1. The van der Waals surface area contributed by atoms with Crippen LogP contribution in [0, 0.1) is 17.1 Å². The van der Waals surface area contributed by atoms with Gasteiger partial charge in [0.1, 0.15) is 17.4 Å². The lowest BCUT2D eigenvalue weighted by atomic mass is 10.2. The van der Waals surface area contributed by atoms with Crippen LogP contribution in [-0.4, -0.2) is 22.6 Å². The lowest BCUT2D eigenvalue weighted by Crippen LogP contribution is -2.44. The fourth-order valence-corrected chi connectivity index (χ4v) is 1.13. The van der Waals surface area contributed by atoms with E-state index in [1.165, 1.54) is 0 Å². The van der Waals surface area contributed by atoms with Crippen molar-refractivity contribution >= 4 is 12.0 Å². The maximum atomic E-state index is 13.4. The average Bonchev–Trinajstić information content (AvgIpc) is 2.34. The van der Waals surface area contributed by atoms with Crippen LogP contribution in [0.4, 0.5) is 9.18 Å². The second-order valence-electron chi connectivity index (χ2n) is 4.72. The first-order valence-electron chi connectivity index (χ1n) is 5.59. The van der Waals surface area contributed by atoms with Crippen LogP contribution in [0.5, 0.6) is 0 Å². The first-order chi connectivity index (χ1) is 9.23. The Morgan fingerprint density at radius 2 is 2.00 bits per heavy atom. The van der Waals surface area contributed by atoms with Crippen molar-refractivity contribution in [1.29, 1.82) is 5.26 Å². The molecule has 0 aromatic carbocycles. The van der Waals surface area contributed by atoms with Gasteiger partial charge in [0.15, 0.2) is 11.5 Å². The van der Waals surface area contributed by atoms with Crippen molar-refractivity contribution in [2.75, 3.05) is 0 Å². The summed E-state index contributed by atoms with van der Waals surface area (Å²) in [5.74, 6) is -1.90. The zero-order valence-electron chi connectivity index (χ0n) is 11.2. The van der Waals surface area contributed by atoms with Crippen LogP contribution in [0.25, 0.3) is 0 Å². The van der Waals surface area contributed by atoms with Crippen molar-refractivity contribution in [3.05, 3.63) is 29.3 Å². The minimum atomic E-state index is -0.995. The molecule has 1 heterocycles. The van der Waals surface area contributed by atoms with E-state index >= 15 is 0 Å². The van der Waals surface area contributed by atoms with E-state index in [4.69, 9.17) is 10.00 Å². The molecule has 0 unspecified atom stereocenters. The third-order valence-electron chi connectivity index (χ3n) is 1.85. The highest BCUT2D eigenvalue weighted by molar-refractivity contribution is 5.93. The van der Waals surface area contributed by atoms with Gasteiger partial charge in [-0.3, -0.25) is 10.2 Å². The summed E-state index contributed by atoms with van der Waals surface area (Å²) in [5.41, 5.74) is 2.44. The number of nitrogens with zero attached hydrogens (tertiary/aromatic N) is 2. The normalized spacial score (nSPS) is 10.3. The molecule has 20 heavy (non-hydrogen) atoms. The van der Waals surface area contributed by atoms with Gasteiger partial charge in [0, 0.05) is 0 Å². The van der Waals surface area contributed by atoms with Crippen LogP contribution in [0.3, 0.4) is 0 Å². The van der Waals surface area contributed by atoms with Crippen LogP contribution >= 0.6 is 0 Å². The maximum absolute atomic E-state index is 13.4. The van der Waals surface area contributed by atoms with Gasteiger partial charge in [-0.15, -0.1) is 0 Å². The molecule has 0 fully saturated rings. The number of hydrogen-bond acceptors (Lipinski definition) is 5. The Bertz CT molecular complexity index is 575. The van der Waals surface area contributed by atoms with Crippen LogP contribution < -0.4 is 10.9 Å². The third kappa shape index (κ3) is 4.53. The van der Waals surface area contributed by atoms with Gasteiger partial charge >= 0.3 is 6.09 Å². The molecule has 2 amide bonds. The second kappa shape index (κ2) is 5.97. The zero-order valence-corrected chi connectivity index (χ0v) is 11.2. The number of hydrogen-bond donors (Lipinski definition) is 2. The van der Waals surface area contributed by atoms with Gasteiger partial charge in [-0.05, 0) is 32.9 Å². The Hall–Kier alpha value is -2.69. The first-order valence-corrected chi connectivity index (χ1v) is 5.59. The van der Waals surface area contributed by atoms with E-state index in [1.807, 2.05) is 10.9 Å². The third-order valence-corrected chi connectivity index (χ3v) is 1.85. The van der Waals surface area contributed by atoms with Crippen molar-refractivity contribution in [2.24, 2.45) is 0 Å². The monoisotopic (exact) mass is 280 g/mol. The van der Waals surface area contributed by atoms with Gasteiger partial charge in [-0.2, -0.15) is 5.26 Å². The summed E-state index contributed by atoms with van der Waals surface area (Å²) < 4.78 is 18.2. The minimum Gasteiger partial charge on any atom is -0.443 e. The summed E-state index contributed by atoms with van der Waals surface area (Å²) in [6, 6.07) is 3.75. The maximum Gasteiger partial charge on any atom is 0.426 e. The molecule has 106 valence electrons. The Kier molecular flexibility index (Phi) is 4.59. The number of halogens is 1. The molecule has 0 saturated heterocycles. The number of carbonyl (C=O) groups excluding carboxylic acids is 2. The van der Waals surface area contributed by atoms with Crippen molar-refractivity contribution in [2.45, 2.75) is 26.4 Å². The number of carbonyl (C=O) groups is 2. The van der Waals surface area contributed by atoms with Crippen LogP contribution in [0.2, 0.25) is 0 Å². The molecule has 0 atom stereocenters. The summed E-state index contributed by atoms with van der Waals surface area (Å²) >= 11 is 0. The van der Waals surface area contributed by atoms with Gasteiger partial charge in [0.05, 0.1) is 0 Å². The van der Waals surface area contributed by atoms with Gasteiger partial charge in [0.2, 0.25) is 0 Å². The summed E-state index contributed by atoms with van der Waals surface area (Å²) in [6.45, 7) is 4.93. The molecule has 1 rings (SSSR count). The fraction of sp³-hybridized carbons (Fsp3) is 0.333. The van der Waals surface area contributed by atoms with Gasteiger partial charge < -0.3 is 4.74 Å². The van der Waals surface area contributed by atoms with Gasteiger partial charge in [-0.25, -0.2) is 19.6 Å². The molecule has 2 N–H and O–H groups in total. The topological polar surface area (TPSA) is 104 Å². The number of hydrazine groups is 1. The van der Waals surface area contributed by atoms with E-state index in [0.717, 1.165) is 12.1 Å².